The van der Waals surface area contributed by atoms with E-state index in [1.54, 1.807) is 0 Å². The smallest absolute Gasteiger partial charge is 0.0159 e. The summed E-state index contributed by atoms with van der Waals surface area (Å²) in [5, 5.41) is 0. The Labute approximate surface area is 467 Å². The van der Waals surface area contributed by atoms with E-state index in [4.69, 9.17) is 0 Å². The standard InChI is InChI=1S/3C26H26/c3*1-15-7-9-17-19-13-24-20(14-23(19)25(3,4)21(17)11-15)18-10-8-16(2)12-22(18)26(24,5)6/h3*7-14H,1-6H3. The van der Waals surface area contributed by atoms with Gasteiger partial charge in [0.15, 0.2) is 0 Å². The van der Waals surface area contributed by atoms with Gasteiger partial charge in [-0.15, -0.1) is 0 Å². The fourth-order valence-electron chi connectivity index (χ4n) is 15.6. The fraction of sp³-hybridized carbons (Fsp3) is 0.308. The third-order valence-corrected chi connectivity index (χ3v) is 20.3. The molecule has 6 aliphatic rings. The van der Waals surface area contributed by atoms with Gasteiger partial charge in [0.1, 0.15) is 0 Å². The second kappa shape index (κ2) is 16.3. The Morgan fingerprint density at radius 3 is 0.397 bits per heavy atom. The lowest BCUT2D eigenvalue weighted by Gasteiger charge is -2.24. The molecule has 0 aromatic heterocycles. The molecule has 15 rings (SSSR count). The molecule has 0 amide bonds. The molecule has 0 heteroatoms. The summed E-state index contributed by atoms with van der Waals surface area (Å²) in [6.45, 7) is 41.7. The fourth-order valence-corrected chi connectivity index (χ4v) is 15.6. The van der Waals surface area contributed by atoms with E-state index in [1.807, 2.05) is 0 Å². The Balaban J connectivity index is 0.000000111. The van der Waals surface area contributed by atoms with E-state index in [9.17, 15) is 0 Å². The SMILES string of the molecule is Cc1ccc2c(c1)C(C)(C)c1cc3c(cc1-2)C(C)(C)c1cc(C)ccc1-3.Cc1ccc2c(c1)C(C)(C)c1cc3c(cc1-2)C(C)(C)c1cc(C)ccc1-3.Cc1ccc2c(c1)C(C)(C)c1cc3c(cc1-2)C(C)(C)c1cc(C)ccc1-3. The van der Waals surface area contributed by atoms with Crippen molar-refractivity contribution in [3.8, 4) is 66.8 Å². The van der Waals surface area contributed by atoms with Gasteiger partial charge in [-0.3, -0.25) is 0 Å². The van der Waals surface area contributed by atoms with Gasteiger partial charge < -0.3 is 0 Å². The van der Waals surface area contributed by atoms with Crippen molar-refractivity contribution < 1.29 is 0 Å². The van der Waals surface area contributed by atoms with E-state index in [2.05, 4.69) is 270 Å². The summed E-state index contributed by atoms with van der Waals surface area (Å²) >= 11 is 0. The van der Waals surface area contributed by atoms with Crippen LogP contribution in [-0.2, 0) is 32.5 Å². The molecule has 0 unspecified atom stereocenters. The Hall–Kier alpha value is -7.02. The largest absolute Gasteiger partial charge is 0.0587 e. The minimum Gasteiger partial charge on any atom is -0.0587 e. The van der Waals surface area contributed by atoms with Crippen LogP contribution in [-0.4, -0.2) is 0 Å². The van der Waals surface area contributed by atoms with Crippen molar-refractivity contribution >= 4 is 0 Å². The Kier molecular flexibility index (Phi) is 10.5. The van der Waals surface area contributed by atoms with Crippen LogP contribution >= 0.6 is 0 Å². The predicted molar refractivity (Wildman–Crippen MR) is 333 cm³/mol. The summed E-state index contributed by atoms with van der Waals surface area (Å²) in [6.07, 6.45) is 0. The molecule has 0 fully saturated rings. The average molecular weight is 1020 g/mol. The minimum absolute atomic E-state index is 0.0588. The van der Waals surface area contributed by atoms with Crippen LogP contribution in [0, 0.1) is 41.5 Å². The quantitative estimate of drug-likeness (QED) is 0.142. The van der Waals surface area contributed by atoms with Crippen LogP contribution in [0.4, 0.5) is 0 Å². The van der Waals surface area contributed by atoms with Gasteiger partial charge in [-0.2, -0.15) is 0 Å². The first-order chi connectivity index (χ1) is 36.6. The first kappa shape index (κ1) is 50.5. The molecular formula is C78H78. The normalized spacial score (nSPS) is 17.5. The highest BCUT2D eigenvalue weighted by atomic mass is 14.5. The molecule has 0 nitrogen and oxygen atoms in total. The summed E-state index contributed by atoms with van der Waals surface area (Å²) in [6, 6.07) is 56.6. The first-order valence-electron chi connectivity index (χ1n) is 28.9. The van der Waals surface area contributed by atoms with Crippen LogP contribution in [0.1, 0.15) is 183 Å². The van der Waals surface area contributed by atoms with Crippen LogP contribution in [0.25, 0.3) is 66.8 Å². The highest BCUT2D eigenvalue weighted by Gasteiger charge is 2.45. The van der Waals surface area contributed by atoms with Crippen LogP contribution in [0.2, 0.25) is 0 Å². The molecule has 6 aliphatic carbocycles. The lowest BCUT2D eigenvalue weighted by molar-refractivity contribution is 0.651. The summed E-state index contributed by atoms with van der Waals surface area (Å²) in [5.74, 6) is 0. The molecule has 78 heavy (non-hydrogen) atoms. The van der Waals surface area contributed by atoms with Crippen molar-refractivity contribution in [2.24, 2.45) is 0 Å². The van der Waals surface area contributed by atoms with Crippen molar-refractivity contribution in [3.63, 3.8) is 0 Å². The van der Waals surface area contributed by atoms with Gasteiger partial charge in [0.2, 0.25) is 0 Å². The molecule has 0 atom stereocenters. The average Bonchev–Trinajstić information content (AvgIpc) is 4.08. The molecule has 9 aromatic rings. The first-order valence-corrected chi connectivity index (χ1v) is 28.9. The van der Waals surface area contributed by atoms with E-state index < -0.39 is 0 Å². The van der Waals surface area contributed by atoms with E-state index >= 15 is 0 Å². The second-order valence-corrected chi connectivity index (χ2v) is 27.9. The zero-order chi connectivity index (χ0) is 55.3. The third kappa shape index (κ3) is 6.90. The highest BCUT2D eigenvalue weighted by Crippen LogP contribution is 2.60. The van der Waals surface area contributed by atoms with Crippen LogP contribution in [0.3, 0.4) is 0 Å². The number of hydrogen-bond acceptors (Lipinski definition) is 0. The molecule has 0 N–H and O–H groups in total. The Morgan fingerprint density at radius 1 is 0.154 bits per heavy atom. The monoisotopic (exact) mass is 1010 g/mol. The zero-order valence-corrected chi connectivity index (χ0v) is 49.9. The van der Waals surface area contributed by atoms with Gasteiger partial charge in [-0.1, -0.05) is 226 Å². The molecule has 0 saturated heterocycles. The molecule has 0 saturated carbocycles. The van der Waals surface area contributed by atoms with Crippen molar-refractivity contribution in [1.29, 1.82) is 0 Å². The number of fused-ring (bicyclic) bond motifs is 18. The molecule has 0 radical (unpaired) electrons. The van der Waals surface area contributed by atoms with Gasteiger partial charge >= 0.3 is 0 Å². The molecule has 9 aromatic carbocycles. The van der Waals surface area contributed by atoms with Crippen LogP contribution < -0.4 is 0 Å². The van der Waals surface area contributed by atoms with Crippen LogP contribution in [0.5, 0.6) is 0 Å². The predicted octanol–water partition coefficient (Wildman–Crippen LogP) is 20.7. The molecule has 0 spiro atoms. The Bertz CT molecular complexity index is 3440. The number of aryl methyl sites for hydroxylation is 6. The van der Waals surface area contributed by atoms with Crippen molar-refractivity contribution in [1.82, 2.24) is 0 Å². The third-order valence-electron chi connectivity index (χ3n) is 20.3. The lowest BCUT2D eigenvalue weighted by Crippen LogP contribution is -2.17. The number of rotatable bonds is 0. The van der Waals surface area contributed by atoms with Gasteiger partial charge in [0, 0.05) is 32.5 Å². The summed E-state index contributed by atoms with van der Waals surface area (Å²) in [5.41, 5.74) is 43.2. The molecule has 0 aliphatic heterocycles. The Morgan fingerprint density at radius 2 is 0.269 bits per heavy atom. The van der Waals surface area contributed by atoms with Gasteiger partial charge in [-0.25, -0.2) is 0 Å². The van der Waals surface area contributed by atoms with E-state index in [0.29, 0.717) is 0 Å². The van der Waals surface area contributed by atoms with Gasteiger partial charge in [-0.05, 0) is 211 Å². The molecule has 390 valence electrons. The second-order valence-electron chi connectivity index (χ2n) is 27.9. The summed E-state index contributed by atoms with van der Waals surface area (Å²) < 4.78 is 0. The van der Waals surface area contributed by atoms with Crippen molar-refractivity contribution in [2.75, 3.05) is 0 Å². The number of hydrogen-bond donors (Lipinski definition) is 0. The molecule has 0 bridgehead atoms. The minimum atomic E-state index is 0.0588. The van der Waals surface area contributed by atoms with Gasteiger partial charge in [0.05, 0.1) is 0 Å². The summed E-state index contributed by atoms with van der Waals surface area (Å²) in [4.78, 5) is 0. The number of benzene rings is 9. The highest BCUT2D eigenvalue weighted by molar-refractivity contribution is 5.93. The maximum Gasteiger partial charge on any atom is 0.0159 e. The van der Waals surface area contributed by atoms with Crippen molar-refractivity contribution in [3.05, 3.63) is 246 Å². The lowest BCUT2D eigenvalue weighted by atomic mass is 9.79. The van der Waals surface area contributed by atoms with Crippen molar-refractivity contribution in [2.45, 2.75) is 157 Å². The molecule has 0 heterocycles. The van der Waals surface area contributed by atoms with E-state index in [-0.39, 0.29) is 32.5 Å². The zero-order valence-electron chi connectivity index (χ0n) is 49.9. The maximum absolute atomic E-state index is 2.49. The van der Waals surface area contributed by atoms with Crippen LogP contribution in [0.15, 0.2) is 146 Å². The van der Waals surface area contributed by atoms with Gasteiger partial charge in [0.25, 0.3) is 0 Å². The molecular weight excluding hydrogens is 937 g/mol. The topological polar surface area (TPSA) is 0 Å². The van der Waals surface area contributed by atoms with E-state index in [1.165, 1.54) is 167 Å². The maximum atomic E-state index is 2.49. The van der Waals surface area contributed by atoms with E-state index in [0.717, 1.165) is 0 Å². The summed E-state index contributed by atoms with van der Waals surface area (Å²) in [7, 11) is 0.